The molecule has 172 valence electrons. The Labute approximate surface area is 200 Å². The minimum atomic E-state index is -3.78. The fourth-order valence-electron chi connectivity index (χ4n) is 5.12. The van der Waals surface area contributed by atoms with Crippen LogP contribution in [0.25, 0.3) is 0 Å². The van der Waals surface area contributed by atoms with E-state index in [4.69, 9.17) is 11.6 Å². The second-order valence-electron chi connectivity index (χ2n) is 8.80. The molecule has 0 aromatic heterocycles. The molecule has 0 radical (unpaired) electrons. The molecule has 0 amide bonds. The van der Waals surface area contributed by atoms with Crippen molar-refractivity contribution in [3.8, 4) is 0 Å². The zero-order chi connectivity index (χ0) is 23.0. The average molecular weight is 483 g/mol. The highest BCUT2D eigenvalue weighted by Gasteiger charge is 2.39. The molecule has 1 fully saturated rings. The van der Waals surface area contributed by atoms with Gasteiger partial charge in [0.2, 0.25) is 10.0 Å². The number of hydrogen-bond donors (Lipinski definition) is 2. The fourth-order valence-corrected chi connectivity index (χ4v) is 6.53. The van der Waals surface area contributed by atoms with Gasteiger partial charge in [-0.2, -0.15) is 0 Å². The van der Waals surface area contributed by atoms with Crippen LogP contribution in [0.15, 0.2) is 77.7 Å². The van der Waals surface area contributed by atoms with E-state index in [2.05, 4.69) is 33.9 Å². The van der Waals surface area contributed by atoms with E-state index in [0.717, 1.165) is 37.1 Å². The molecule has 0 spiro atoms. The molecular weight excluding hydrogens is 456 g/mol. The van der Waals surface area contributed by atoms with Gasteiger partial charge in [-0.1, -0.05) is 48.0 Å². The summed E-state index contributed by atoms with van der Waals surface area (Å²) in [7, 11) is -3.78. The summed E-state index contributed by atoms with van der Waals surface area (Å²) in [5.74, 6) is 0. The topological polar surface area (TPSA) is 69.6 Å². The smallest absolute Gasteiger partial charge is 0.240 e. The molecule has 5 nitrogen and oxygen atoms in total. The van der Waals surface area contributed by atoms with Gasteiger partial charge in [0.05, 0.1) is 23.1 Å². The summed E-state index contributed by atoms with van der Waals surface area (Å²) in [6.45, 7) is 0. The van der Waals surface area contributed by atoms with Crippen molar-refractivity contribution < 1.29 is 13.5 Å². The van der Waals surface area contributed by atoms with Crippen LogP contribution in [0, 0.1) is 0 Å². The highest BCUT2D eigenvalue weighted by atomic mass is 35.5. The van der Waals surface area contributed by atoms with Crippen molar-refractivity contribution in [1.29, 1.82) is 0 Å². The Kier molecular flexibility index (Phi) is 6.18. The molecule has 3 aromatic rings. The molecule has 3 aromatic carbocycles. The number of sulfonamides is 1. The number of aryl methyl sites for hydroxylation is 2. The third kappa shape index (κ3) is 4.41. The van der Waals surface area contributed by atoms with Crippen molar-refractivity contribution in [3.63, 3.8) is 0 Å². The SMILES string of the molecule is O=S(=O)(NC1CCCC(N2c3ccccc3CCc3ccccc32)[C@H]1O)c1ccc(Cl)cc1. The molecule has 33 heavy (non-hydrogen) atoms. The third-order valence-electron chi connectivity index (χ3n) is 6.75. The third-order valence-corrected chi connectivity index (χ3v) is 8.51. The maximum Gasteiger partial charge on any atom is 0.240 e. The van der Waals surface area contributed by atoms with Gasteiger partial charge >= 0.3 is 0 Å². The Bertz CT molecular complexity index is 1200. The molecule has 2 aliphatic rings. The van der Waals surface area contributed by atoms with E-state index >= 15 is 0 Å². The summed E-state index contributed by atoms with van der Waals surface area (Å²) in [5, 5.41) is 12.0. The van der Waals surface area contributed by atoms with Crippen LogP contribution in [0.4, 0.5) is 11.4 Å². The van der Waals surface area contributed by atoms with Crippen molar-refractivity contribution in [2.45, 2.75) is 55.2 Å². The lowest BCUT2D eigenvalue weighted by atomic mass is 9.86. The van der Waals surface area contributed by atoms with Crippen molar-refractivity contribution >= 4 is 33.0 Å². The number of aliphatic hydroxyl groups excluding tert-OH is 1. The summed E-state index contributed by atoms with van der Waals surface area (Å²) in [6, 6.07) is 21.9. The van der Waals surface area contributed by atoms with Crippen molar-refractivity contribution in [3.05, 3.63) is 88.9 Å². The van der Waals surface area contributed by atoms with Gasteiger partial charge in [-0.05, 0) is 79.6 Å². The maximum atomic E-state index is 13.0. The second-order valence-corrected chi connectivity index (χ2v) is 10.9. The van der Waals surface area contributed by atoms with Gasteiger partial charge in [-0.25, -0.2) is 13.1 Å². The summed E-state index contributed by atoms with van der Waals surface area (Å²) in [4.78, 5) is 2.39. The molecule has 0 bridgehead atoms. The summed E-state index contributed by atoms with van der Waals surface area (Å²) >= 11 is 5.92. The predicted octanol–water partition coefficient (Wildman–Crippen LogP) is 4.84. The van der Waals surface area contributed by atoms with Gasteiger partial charge in [-0.3, -0.25) is 0 Å². The van der Waals surface area contributed by atoms with Crippen LogP contribution in [-0.2, 0) is 22.9 Å². The monoisotopic (exact) mass is 482 g/mol. The number of nitrogens with one attached hydrogen (secondary N) is 1. The molecule has 2 unspecified atom stereocenters. The first kappa shape index (κ1) is 22.4. The number of hydrogen-bond acceptors (Lipinski definition) is 4. The molecule has 1 saturated carbocycles. The first-order valence-electron chi connectivity index (χ1n) is 11.3. The number of halogens is 1. The standard InChI is InChI=1S/C26H27ClN2O3S/c27-20-14-16-21(17-15-20)33(31,32)28-22-8-5-11-25(26(22)30)29-23-9-3-1-6-18(23)12-13-19-7-2-4-10-24(19)29/h1-4,6-7,9-10,14-17,22,25-26,28,30H,5,8,11-13H2/t22?,25?,26-/m0/s1. The Morgan fingerprint density at radius 2 is 1.42 bits per heavy atom. The minimum absolute atomic E-state index is 0.145. The van der Waals surface area contributed by atoms with Gasteiger partial charge < -0.3 is 10.0 Å². The molecule has 1 aliphatic heterocycles. The van der Waals surface area contributed by atoms with Crippen LogP contribution in [0.5, 0.6) is 0 Å². The highest BCUT2D eigenvalue weighted by Crippen LogP contribution is 2.41. The van der Waals surface area contributed by atoms with Crippen molar-refractivity contribution in [1.82, 2.24) is 4.72 Å². The summed E-state index contributed by atoms with van der Waals surface area (Å²) in [5.41, 5.74) is 4.66. The number of para-hydroxylation sites is 2. The molecule has 1 aliphatic carbocycles. The lowest BCUT2D eigenvalue weighted by molar-refractivity contribution is 0.0812. The number of benzene rings is 3. The van der Waals surface area contributed by atoms with Crippen LogP contribution in [0.3, 0.4) is 0 Å². The van der Waals surface area contributed by atoms with Crippen LogP contribution < -0.4 is 9.62 Å². The Morgan fingerprint density at radius 1 is 0.848 bits per heavy atom. The lowest BCUT2D eigenvalue weighted by Gasteiger charge is -2.43. The van der Waals surface area contributed by atoms with Crippen LogP contribution in [0.1, 0.15) is 30.4 Å². The van der Waals surface area contributed by atoms with Crippen LogP contribution in [-0.4, -0.2) is 31.7 Å². The zero-order valence-corrected chi connectivity index (χ0v) is 19.8. The number of anilines is 2. The van der Waals surface area contributed by atoms with Gasteiger partial charge in [-0.15, -0.1) is 0 Å². The summed E-state index contributed by atoms with van der Waals surface area (Å²) in [6.07, 6.45) is 3.18. The number of fused-ring (bicyclic) bond motifs is 2. The number of rotatable bonds is 4. The maximum absolute atomic E-state index is 13.0. The number of nitrogens with zero attached hydrogens (tertiary/aromatic N) is 1. The molecule has 0 saturated heterocycles. The molecular formula is C26H27ClN2O3S. The normalized spacial score (nSPS) is 22.8. The minimum Gasteiger partial charge on any atom is -0.389 e. The Hall–Kier alpha value is -2.38. The molecule has 2 N–H and O–H groups in total. The van der Waals surface area contributed by atoms with E-state index in [1.54, 1.807) is 12.1 Å². The first-order chi connectivity index (χ1) is 15.9. The van der Waals surface area contributed by atoms with E-state index in [-0.39, 0.29) is 10.9 Å². The Balaban J connectivity index is 1.48. The Morgan fingerprint density at radius 3 is 2.03 bits per heavy atom. The van der Waals surface area contributed by atoms with Crippen LogP contribution in [0.2, 0.25) is 5.02 Å². The molecule has 5 rings (SSSR count). The molecule has 1 heterocycles. The second kappa shape index (κ2) is 9.11. The van der Waals surface area contributed by atoms with Gasteiger partial charge in [0, 0.05) is 16.4 Å². The molecule has 3 atom stereocenters. The van der Waals surface area contributed by atoms with Crippen molar-refractivity contribution in [2.75, 3.05) is 4.90 Å². The van der Waals surface area contributed by atoms with E-state index in [0.29, 0.717) is 11.4 Å². The van der Waals surface area contributed by atoms with Gasteiger partial charge in [0.25, 0.3) is 0 Å². The molecule has 7 heteroatoms. The number of aliphatic hydroxyl groups is 1. The fraction of sp³-hybridized carbons (Fsp3) is 0.308. The lowest BCUT2D eigenvalue weighted by Crippen LogP contribution is -2.55. The zero-order valence-electron chi connectivity index (χ0n) is 18.2. The van der Waals surface area contributed by atoms with E-state index < -0.39 is 22.2 Å². The quantitative estimate of drug-likeness (QED) is 0.558. The highest BCUT2D eigenvalue weighted by molar-refractivity contribution is 7.89. The predicted molar refractivity (Wildman–Crippen MR) is 132 cm³/mol. The van der Waals surface area contributed by atoms with E-state index in [9.17, 15) is 13.5 Å². The van der Waals surface area contributed by atoms with E-state index in [1.807, 2.05) is 24.3 Å². The van der Waals surface area contributed by atoms with Crippen molar-refractivity contribution in [2.24, 2.45) is 0 Å². The van der Waals surface area contributed by atoms with Gasteiger partial charge in [0.1, 0.15) is 0 Å². The summed E-state index contributed by atoms with van der Waals surface area (Å²) < 4.78 is 28.8. The largest absolute Gasteiger partial charge is 0.389 e. The van der Waals surface area contributed by atoms with Gasteiger partial charge in [0.15, 0.2) is 0 Å². The average Bonchev–Trinajstić information content (AvgIpc) is 2.98. The van der Waals surface area contributed by atoms with E-state index in [1.165, 1.54) is 23.3 Å². The first-order valence-corrected chi connectivity index (χ1v) is 13.2. The van der Waals surface area contributed by atoms with Crippen LogP contribution >= 0.6 is 11.6 Å².